The van der Waals surface area contributed by atoms with Crippen molar-refractivity contribution in [1.29, 1.82) is 0 Å². The highest BCUT2D eigenvalue weighted by Gasteiger charge is 2.07. The summed E-state index contributed by atoms with van der Waals surface area (Å²) in [5.41, 5.74) is 7.55. The van der Waals surface area contributed by atoms with Crippen molar-refractivity contribution in [3.8, 4) is 11.1 Å². The first-order valence-corrected chi connectivity index (χ1v) is 5.24. The number of carbonyl (C=O) groups excluding carboxylic acids is 1. The average Bonchev–Trinajstić information content (AvgIpc) is 2.29. The molecule has 2 nitrogen and oxygen atoms in total. The van der Waals surface area contributed by atoms with Gasteiger partial charge in [-0.3, -0.25) is 4.79 Å². The third-order valence-electron chi connectivity index (χ3n) is 2.58. The molecule has 0 saturated heterocycles. The highest BCUT2D eigenvalue weighted by atomic mass is 19.1. The third-order valence-corrected chi connectivity index (χ3v) is 2.58. The Morgan fingerprint density at radius 3 is 2.59 bits per heavy atom. The van der Waals surface area contributed by atoms with Crippen LogP contribution in [0, 0.1) is 12.7 Å². The predicted molar refractivity (Wildman–Crippen MR) is 65.1 cm³/mol. The molecule has 0 aliphatic rings. The Labute approximate surface area is 98.9 Å². The minimum atomic E-state index is -0.514. The molecule has 0 aliphatic carbocycles. The molecule has 0 saturated carbocycles. The van der Waals surface area contributed by atoms with Gasteiger partial charge in [0.1, 0.15) is 5.82 Å². The van der Waals surface area contributed by atoms with Crippen LogP contribution >= 0.6 is 0 Å². The van der Waals surface area contributed by atoms with Gasteiger partial charge in [-0.2, -0.15) is 0 Å². The number of hydrogen-bond donors (Lipinski definition) is 1. The van der Waals surface area contributed by atoms with E-state index in [2.05, 4.69) is 0 Å². The van der Waals surface area contributed by atoms with Gasteiger partial charge in [0.15, 0.2) is 0 Å². The van der Waals surface area contributed by atoms with Gasteiger partial charge >= 0.3 is 0 Å². The van der Waals surface area contributed by atoms with Gasteiger partial charge in [0.05, 0.1) is 0 Å². The maximum absolute atomic E-state index is 13.8. The zero-order valence-electron chi connectivity index (χ0n) is 9.41. The summed E-state index contributed by atoms with van der Waals surface area (Å²) < 4.78 is 13.8. The van der Waals surface area contributed by atoms with E-state index < -0.39 is 5.91 Å². The average molecular weight is 229 g/mol. The quantitative estimate of drug-likeness (QED) is 0.845. The number of aryl methyl sites for hydroxylation is 1. The number of hydrogen-bond acceptors (Lipinski definition) is 1. The summed E-state index contributed by atoms with van der Waals surface area (Å²) in [4.78, 5) is 11.1. The Balaban J connectivity index is 2.53. The minimum Gasteiger partial charge on any atom is -0.366 e. The smallest absolute Gasteiger partial charge is 0.248 e. The lowest BCUT2D eigenvalue weighted by Crippen LogP contribution is -2.10. The first-order valence-electron chi connectivity index (χ1n) is 5.24. The lowest BCUT2D eigenvalue weighted by Gasteiger charge is -2.05. The van der Waals surface area contributed by atoms with Crippen LogP contribution < -0.4 is 5.73 Å². The van der Waals surface area contributed by atoms with E-state index in [4.69, 9.17) is 5.73 Å². The molecule has 2 N–H and O–H groups in total. The molecule has 0 aliphatic heterocycles. The van der Waals surface area contributed by atoms with Crippen molar-refractivity contribution in [2.24, 2.45) is 5.73 Å². The molecule has 2 aromatic carbocycles. The Morgan fingerprint density at radius 1 is 1.18 bits per heavy atom. The van der Waals surface area contributed by atoms with E-state index in [-0.39, 0.29) is 5.82 Å². The molecule has 0 bridgehead atoms. The first kappa shape index (κ1) is 11.3. The zero-order valence-corrected chi connectivity index (χ0v) is 9.41. The fraction of sp³-hybridized carbons (Fsp3) is 0.0714. The van der Waals surface area contributed by atoms with Crippen LogP contribution in [0.1, 0.15) is 15.9 Å². The van der Waals surface area contributed by atoms with Crippen LogP contribution in [0.15, 0.2) is 42.5 Å². The molecule has 0 unspecified atom stereocenters. The molecule has 0 fully saturated rings. The summed E-state index contributed by atoms with van der Waals surface area (Å²) in [5.74, 6) is -0.814. The Morgan fingerprint density at radius 2 is 1.94 bits per heavy atom. The zero-order chi connectivity index (χ0) is 12.4. The number of amides is 1. The van der Waals surface area contributed by atoms with Crippen molar-refractivity contribution in [1.82, 2.24) is 0 Å². The first-order chi connectivity index (χ1) is 8.08. The molecule has 3 heteroatoms. The normalized spacial score (nSPS) is 10.2. The molecular formula is C14H12FNO. The van der Waals surface area contributed by atoms with Crippen LogP contribution in [-0.4, -0.2) is 5.91 Å². The standard InChI is InChI=1S/C14H12FNO/c1-9-5-6-12(13(15)7-9)10-3-2-4-11(8-10)14(16)17/h2-8H,1H3,(H2,16,17). The Hall–Kier alpha value is -2.16. The lowest BCUT2D eigenvalue weighted by atomic mass is 10.0. The van der Waals surface area contributed by atoms with E-state index in [1.807, 2.05) is 13.0 Å². The Bertz CT molecular complexity index is 578. The number of carbonyl (C=O) groups is 1. The van der Waals surface area contributed by atoms with E-state index in [1.165, 1.54) is 6.07 Å². The van der Waals surface area contributed by atoms with Crippen LogP contribution in [0.5, 0.6) is 0 Å². The number of halogens is 1. The summed E-state index contributed by atoms with van der Waals surface area (Å²) in [6, 6.07) is 11.6. The maximum atomic E-state index is 13.8. The number of benzene rings is 2. The van der Waals surface area contributed by atoms with Gasteiger partial charge in [-0.1, -0.05) is 24.3 Å². The molecule has 0 spiro atoms. The second-order valence-electron chi connectivity index (χ2n) is 3.93. The van der Waals surface area contributed by atoms with Gasteiger partial charge in [0.2, 0.25) is 5.91 Å². The van der Waals surface area contributed by atoms with Gasteiger partial charge < -0.3 is 5.73 Å². The summed E-state index contributed by atoms with van der Waals surface area (Å²) >= 11 is 0. The fourth-order valence-corrected chi connectivity index (χ4v) is 1.69. The van der Waals surface area contributed by atoms with Crippen LogP contribution in [-0.2, 0) is 0 Å². The van der Waals surface area contributed by atoms with Crippen molar-refractivity contribution >= 4 is 5.91 Å². The van der Waals surface area contributed by atoms with Crippen molar-refractivity contribution in [3.05, 3.63) is 59.4 Å². The minimum absolute atomic E-state index is 0.299. The molecule has 86 valence electrons. The van der Waals surface area contributed by atoms with E-state index in [1.54, 1.807) is 30.3 Å². The molecule has 0 heterocycles. The SMILES string of the molecule is Cc1ccc(-c2cccc(C(N)=O)c2)c(F)c1. The van der Waals surface area contributed by atoms with Gasteiger partial charge in [-0.15, -0.1) is 0 Å². The molecule has 0 radical (unpaired) electrons. The monoisotopic (exact) mass is 229 g/mol. The van der Waals surface area contributed by atoms with E-state index in [0.29, 0.717) is 16.7 Å². The molecular weight excluding hydrogens is 217 g/mol. The molecule has 0 atom stereocenters. The van der Waals surface area contributed by atoms with Crippen LogP contribution in [0.4, 0.5) is 4.39 Å². The molecule has 1 amide bonds. The van der Waals surface area contributed by atoms with Crippen molar-refractivity contribution < 1.29 is 9.18 Å². The summed E-state index contributed by atoms with van der Waals surface area (Å²) in [6.07, 6.45) is 0. The summed E-state index contributed by atoms with van der Waals surface area (Å²) in [6.45, 7) is 1.83. The van der Waals surface area contributed by atoms with E-state index >= 15 is 0 Å². The molecule has 17 heavy (non-hydrogen) atoms. The van der Waals surface area contributed by atoms with Crippen molar-refractivity contribution in [2.45, 2.75) is 6.92 Å². The second-order valence-corrected chi connectivity index (χ2v) is 3.93. The highest BCUT2D eigenvalue weighted by Crippen LogP contribution is 2.24. The van der Waals surface area contributed by atoms with Gasteiger partial charge in [0, 0.05) is 11.1 Å². The van der Waals surface area contributed by atoms with E-state index in [9.17, 15) is 9.18 Å². The maximum Gasteiger partial charge on any atom is 0.248 e. The van der Waals surface area contributed by atoms with Gasteiger partial charge in [0.25, 0.3) is 0 Å². The predicted octanol–water partition coefficient (Wildman–Crippen LogP) is 2.90. The van der Waals surface area contributed by atoms with Gasteiger partial charge in [-0.05, 0) is 36.2 Å². The van der Waals surface area contributed by atoms with Crippen LogP contribution in [0.25, 0.3) is 11.1 Å². The van der Waals surface area contributed by atoms with Gasteiger partial charge in [-0.25, -0.2) is 4.39 Å². The molecule has 2 aromatic rings. The van der Waals surface area contributed by atoms with Crippen molar-refractivity contribution in [2.75, 3.05) is 0 Å². The van der Waals surface area contributed by atoms with E-state index in [0.717, 1.165) is 5.56 Å². The largest absolute Gasteiger partial charge is 0.366 e. The highest BCUT2D eigenvalue weighted by molar-refractivity contribution is 5.94. The topological polar surface area (TPSA) is 43.1 Å². The summed E-state index contributed by atoms with van der Waals surface area (Å²) in [5, 5.41) is 0. The second kappa shape index (κ2) is 4.37. The third kappa shape index (κ3) is 2.33. The molecule has 2 rings (SSSR count). The van der Waals surface area contributed by atoms with Crippen LogP contribution in [0.2, 0.25) is 0 Å². The fourth-order valence-electron chi connectivity index (χ4n) is 1.69. The van der Waals surface area contributed by atoms with Crippen molar-refractivity contribution in [3.63, 3.8) is 0 Å². The lowest BCUT2D eigenvalue weighted by molar-refractivity contribution is 0.100. The van der Waals surface area contributed by atoms with Crippen LogP contribution in [0.3, 0.4) is 0 Å². The summed E-state index contributed by atoms with van der Waals surface area (Å²) in [7, 11) is 0. The number of rotatable bonds is 2. The molecule has 0 aromatic heterocycles. The Kier molecular flexibility index (Phi) is 2.91. The number of primary amides is 1. The number of nitrogens with two attached hydrogens (primary N) is 1.